The number of nitrogens with zero attached hydrogens (tertiary/aromatic N) is 2. The molecule has 31 heavy (non-hydrogen) atoms. The summed E-state index contributed by atoms with van der Waals surface area (Å²) in [5, 5.41) is 2.77. The Morgan fingerprint density at radius 1 is 1.35 bits per heavy atom. The monoisotopic (exact) mass is 462 g/mol. The standard InChI is InChI=1S/C24H31ClN2O3S/c1-5-16(2)13-26(18(4)28)14-24(29)27-10-8-23-20(9-11-31-23)22(27)15-30-19-6-7-21(25)17(3)12-19/h6-7,9,11-12,16,22H,5,8,10,13-15H2,1-4H3. The Hall–Kier alpha value is -2.05. The highest BCUT2D eigenvalue weighted by Crippen LogP contribution is 2.34. The van der Waals surface area contributed by atoms with Gasteiger partial charge in [-0.2, -0.15) is 0 Å². The molecule has 0 fully saturated rings. The third-order valence-corrected chi connectivity index (χ3v) is 7.37. The van der Waals surface area contributed by atoms with Crippen LogP contribution in [-0.4, -0.2) is 47.9 Å². The van der Waals surface area contributed by atoms with Crippen LogP contribution in [0.5, 0.6) is 5.75 Å². The van der Waals surface area contributed by atoms with Gasteiger partial charge in [0.25, 0.3) is 0 Å². The first-order valence-electron chi connectivity index (χ1n) is 10.8. The molecule has 3 rings (SSSR count). The summed E-state index contributed by atoms with van der Waals surface area (Å²) in [5.74, 6) is 0.996. The van der Waals surface area contributed by atoms with Gasteiger partial charge in [0, 0.05) is 29.9 Å². The third kappa shape index (κ3) is 5.80. The predicted molar refractivity (Wildman–Crippen MR) is 126 cm³/mol. The van der Waals surface area contributed by atoms with E-state index in [0.717, 1.165) is 29.7 Å². The van der Waals surface area contributed by atoms with Crippen LogP contribution in [0.1, 0.15) is 49.2 Å². The highest BCUT2D eigenvalue weighted by molar-refractivity contribution is 7.10. The number of benzene rings is 1. The molecule has 7 heteroatoms. The fourth-order valence-corrected chi connectivity index (χ4v) is 4.87. The van der Waals surface area contributed by atoms with E-state index in [9.17, 15) is 9.59 Å². The first-order chi connectivity index (χ1) is 14.8. The lowest BCUT2D eigenvalue weighted by Crippen LogP contribution is -2.48. The summed E-state index contributed by atoms with van der Waals surface area (Å²) in [4.78, 5) is 30.3. The van der Waals surface area contributed by atoms with Gasteiger partial charge >= 0.3 is 0 Å². The van der Waals surface area contributed by atoms with Crippen molar-refractivity contribution >= 4 is 34.8 Å². The summed E-state index contributed by atoms with van der Waals surface area (Å²) in [7, 11) is 0. The molecule has 0 saturated heterocycles. The number of carbonyl (C=O) groups is 2. The molecule has 2 heterocycles. The fraction of sp³-hybridized carbons (Fsp3) is 0.500. The van der Waals surface area contributed by atoms with Gasteiger partial charge in [0.2, 0.25) is 11.8 Å². The third-order valence-electron chi connectivity index (χ3n) is 5.95. The lowest BCUT2D eigenvalue weighted by Gasteiger charge is -2.37. The molecule has 2 atom stereocenters. The maximum absolute atomic E-state index is 13.3. The van der Waals surface area contributed by atoms with Crippen LogP contribution in [0.4, 0.5) is 0 Å². The van der Waals surface area contributed by atoms with Crippen LogP contribution < -0.4 is 4.74 Å². The number of amides is 2. The molecule has 168 valence electrons. The molecule has 0 aliphatic carbocycles. The van der Waals surface area contributed by atoms with E-state index in [0.29, 0.717) is 30.6 Å². The van der Waals surface area contributed by atoms with E-state index in [-0.39, 0.29) is 24.4 Å². The van der Waals surface area contributed by atoms with Crippen LogP contribution in [-0.2, 0) is 16.0 Å². The van der Waals surface area contributed by atoms with Crippen molar-refractivity contribution in [2.75, 3.05) is 26.2 Å². The lowest BCUT2D eigenvalue weighted by atomic mass is 10.00. The summed E-state index contributed by atoms with van der Waals surface area (Å²) in [6, 6.07) is 7.50. The topological polar surface area (TPSA) is 49.9 Å². The number of fused-ring (bicyclic) bond motifs is 1. The zero-order valence-corrected chi connectivity index (χ0v) is 20.3. The molecule has 1 aromatic carbocycles. The van der Waals surface area contributed by atoms with Crippen LogP contribution in [0.15, 0.2) is 29.6 Å². The molecule has 0 spiro atoms. The van der Waals surface area contributed by atoms with E-state index in [1.54, 1.807) is 16.2 Å². The Bertz CT molecular complexity index is 929. The minimum Gasteiger partial charge on any atom is -0.491 e. The highest BCUT2D eigenvalue weighted by atomic mass is 35.5. The van der Waals surface area contributed by atoms with Crippen molar-refractivity contribution < 1.29 is 14.3 Å². The Morgan fingerprint density at radius 3 is 2.81 bits per heavy atom. The highest BCUT2D eigenvalue weighted by Gasteiger charge is 2.33. The molecule has 1 aromatic heterocycles. The fourth-order valence-electron chi connectivity index (χ4n) is 3.82. The summed E-state index contributed by atoms with van der Waals surface area (Å²) < 4.78 is 6.09. The first kappa shape index (κ1) is 23.6. The molecule has 1 aliphatic rings. The van der Waals surface area contributed by atoms with Crippen LogP contribution in [0.25, 0.3) is 0 Å². The number of rotatable bonds is 8. The number of ether oxygens (including phenoxy) is 1. The van der Waals surface area contributed by atoms with Gasteiger partial charge in [-0.15, -0.1) is 11.3 Å². The zero-order valence-electron chi connectivity index (χ0n) is 18.7. The normalized spacial score (nSPS) is 16.5. The van der Waals surface area contributed by atoms with E-state index in [1.807, 2.05) is 30.0 Å². The second kappa shape index (κ2) is 10.5. The van der Waals surface area contributed by atoms with Gasteiger partial charge in [-0.25, -0.2) is 0 Å². The van der Waals surface area contributed by atoms with Crippen LogP contribution in [0, 0.1) is 12.8 Å². The van der Waals surface area contributed by atoms with Crippen LogP contribution >= 0.6 is 22.9 Å². The van der Waals surface area contributed by atoms with Crippen molar-refractivity contribution in [2.45, 2.75) is 46.6 Å². The Labute approximate surface area is 193 Å². The van der Waals surface area contributed by atoms with Gasteiger partial charge in [0.15, 0.2) is 0 Å². The largest absolute Gasteiger partial charge is 0.491 e. The molecule has 2 aromatic rings. The number of thiophene rings is 1. The maximum Gasteiger partial charge on any atom is 0.242 e. The second-order valence-corrected chi connectivity index (χ2v) is 9.69. The number of halogens is 1. The van der Waals surface area contributed by atoms with Gasteiger partial charge in [0.1, 0.15) is 12.4 Å². The van der Waals surface area contributed by atoms with Gasteiger partial charge < -0.3 is 14.5 Å². The van der Waals surface area contributed by atoms with Gasteiger partial charge in [0.05, 0.1) is 12.6 Å². The molecule has 1 aliphatic heterocycles. The average Bonchev–Trinajstić information content (AvgIpc) is 3.22. The Kier molecular flexibility index (Phi) is 8.00. The van der Waals surface area contributed by atoms with Crippen molar-refractivity contribution in [1.29, 1.82) is 0 Å². The molecule has 2 unspecified atom stereocenters. The molecule has 0 N–H and O–H groups in total. The predicted octanol–water partition coefficient (Wildman–Crippen LogP) is 5.11. The zero-order chi connectivity index (χ0) is 22.5. The minimum absolute atomic E-state index is 0.0313. The second-order valence-electron chi connectivity index (χ2n) is 8.29. The van der Waals surface area contributed by atoms with E-state index < -0.39 is 0 Å². The molecule has 0 saturated carbocycles. The maximum atomic E-state index is 13.3. The molecule has 0 bridgehead atoms. The number of hydrogen-bond donors (Lipinski definition) is 0. The van der Waals surface area contributed by atoms with Crippen LogP contribution in [0.2, 0.25) is 5.02 Å². The van der Waals surface area contributed by atoms with Crippen molar-refractivity contribution in [3.8, 4) is 5.75 Å². The average molecular weight is 463 g/mol. The van der Waals surface area contributed by atoms with Crippen molar-refractivity contribution in [2.24, 2.45) is 5.92 Å². The molecular weight excluding hydrogens is 432 g/mol. The quantitative estimate of drug-likeness (QED) is 0.547. The smallest absolute Gasteiger partial charge is 0.242 e. The van der Waals surface area contributed by atoms with Crippen molar-refractivity contribution in [3.63, 3.8) is 0 Å². The lowest BCUT2D eigenvalue weighted by molar-refractivity contribution is -0.142. The van der Waals surface area contributed by atoms with E-state index in [4.69, 9.17) is 16.3 Å². The molecular formula is C24H31ClN2O3S. The summed E-state index contributed by atoms with van der Waals surface area (Å²) in [6.45, 7) is 9.37. The summed E-state index contributed by atoms with van der Waals surface area (Å²) >= 11 is 7.85. The van der Waals surface area contributed by atoms with E-state index in [1.165, 1.54) is 11.8 Å². The molecule has 2 amide bonds. The minimum atomic E-state index is -0.170. The van der Waals surface area contributed by atoms with Gasteiger partial charge in [-0.3, -0.25) is 9.59 Å². The first-order valence-corrected chi connectivity index (χ1v) is 12.1. The molecule has 0 radical (unpaired) electrons. The number of hydrogen-bond acceptors (Lipinski definition) is 4. The molecule has 5 nitrogen and oxygen atoms in total. The summed E-state index contributed by atoms with van der Waals surface area (Å²) in [6.07, 6.45) is 1.80. The number of carbonyl (C=O) groups excluding carboxylic acids is 2. The van der Waals surface area contributed by atoms with E-state index in [2.05, 4.69) is 25.3 Å². The van der Waals surface area contributed by atoms with E-state index >= 15 is 0 Å². The van der Waals surface area contributed by atoms with Crippen LogP contribution in [0.3, 0.4) is 0 Å². The van der Waals surface area contributed by atoms with Gasteiger partial charge in [-0.1, -0.05) is 31.9 Å². The Balaban J connectivity index is 1.76. The van der Waals surface area contributed by atoms with Crippen molar-refractivity contribution in [3.05, 3.63) is 50.7 Å². The SMILES string of the molecule is CCC(C)CN(CC(=O)N1CCc2sccc2C1COc1ccc(Cl)c(C)c1)C(C)=O. The Morgan fingerprint density at radius 2 is 2.13 bits per heavy atom. The number of aryl methyl sites for hydroxylation is 1. The summed E-state index contributed by atoms with van der Waals surface area (Å²) in [5.41, 5.74) is 2.10. The van der Waals surface area contributed by atoms with Gasteiger partial charge in [-0.05, 0) is 60.0 Å². The van der Waals surface area contributed by atoms with Crippen molar-refractivity contribution in [1.82, 2.24) is 9.80 Å².